The van der Waals surface area contributed by atoms with E-state index in [2.05, 4.69) is 25.9 Å². The molecule has 10 heteroatoms. The fourth-order valence-corrected chi connectivity index (χ4v) is 4.05. The van der Waals surface area contributed by atoms with Crippen LogP contribution in [-0.2, 0) is 4.79 Å². The van der Waals surface area contributed by atoms with E-state index in [-0.39, 0.29) is 17.6 Å². The molecule has 0 saturated carbocycles. The van der Waals surface area contributed by atoms with Gasteiger partial charge in [-0.25, -0.2) is 0 Å². The van der Waals surface area contributed by atoms with Gasteiger partial charge < -0.3 is 10.1 Å². The summed E-state index contributed by atoms with van der Waals surface area (Å²) >= 11 is 6.75. The lowest BCUT2D eigenvalue weighted by Gasteiger charge is -2.13. The molecule has 1 amide bonds. The minimum absolute atomic E-state index is 0.120. The highest BCUT2D eigenvalue weighted by atomic mass is 32.1. The van der Waals surface area contributed by atoms with Gasteiger partial charge in [0.25, 0.3) is 5.91 Å². The Labute approximate surface area is 188 Å². The third kappa shape index (κ3) is 4.70. The molecule has 0 aliphatic rings. The van der Waals surface area contributed by atoms with Crippen LogP contribution in [0.4, 0.5) is 5.69 Å². The van der Waals surface area contributed by atoms with Gasteiger partial charge in [0.15, 0.2) is 17.5 Å². The van der Waals surface area contributed by atoms with Crippen LogP contribution in [0.5, 0.6) is 5.75 Å². The molecule has 4 rings (SSSR count). The van der Waals surface area contributed by atoms with Gasteiger partial charge in [0.2, 0.25) is 4.96 Å². The minimum Gasteiger partial charge on any atom is -0.483 e. The molecule has 2 N–H and O–H groups in total. The van der Waals surface area contributed by atoms with E-state index in [1.807, 2.05) is 63.2 Å². The summed E-state index contributed by atoms with van der Waals surface area (Å²) in [7, 11) is 0. The van der Waals surface area contributed by atoms with E-state index < -0.39 is 0 Å². The van der Waals surface area contributed by atoms with E-state index in [9.17, 15) is 4.79 Å². The Balaban J connectivity index is 1.36. The first-order chi connectivity index (χ1) is 14.9. The van der Waals surface area contributed by atoms with Crippen LogP contribution >= 0.6 is 23.6 Å². The first-order valence-corrected chi connectivity index (χ1v) is 10.7. The van der Waals surface area contributed by atoms with Crippen LogP contribution < -0.4 is 15.4 Å². The molecule has 0 bridgehead atoms. The van der Waals surface area contributed by atoms with Crippen molar-refractivity contribution in [3.8, 4) is 16.3 Å². The van der Waals surface area contributed by atoms with Gasteiger partial charge in [-0.3, -0.25) is 10.1 Å². The molecule has 8 nitrogen and oxygen atoms in total. The van der Waals surface area contributed by atoms with Crippen LogP contribution in [0.25, 0.3) is 15.5 Å². The Morgan fingerprint density at radius 1 is 1.13 bits per heavy atom. The number of rotatable bonds is 5. The number of aryl methyl sites for hydroxylation is 3. The van der Waals surface area contributed by atoms with Crippen LogP contribution in [0, 0.1) is 20.8 Å². The van der Waals surface area contributed by atoms with E-state index in [1.54, 1.807) is 4.52 Å². The molecule has 0 saturated heterocycles. The van der Waals surface area contributed by atoms with Crippen LogP contribution in [0.3, 0.4) is 0 Å². The van der Waals surface area contributed by atoms with Gasteiger partial charge >= 0.3 is 0 Å². The van der Waals surface area contributed by atoms with Gasteiger partial charge in [-0.1, -0.05) is 29.5 Å². The summed E-state index contributed by atoms with van der Waals surface area (Å²) < 4.78 is 7.28. The largest absolute Gasteiger partial charge is 0.483 e. The lowest BCUT2D eigenvalue weighted by Crippen LogP contribution is -2.37. The minimum atomic E-state index is -0.329. The second-order valence-electron chi connectivity index (χ2n) is 6.93. The molecule has 0 aliphatic carbocycles. The third-order valence-electron chi connectivity index (χ3n) is 4.57. The lowest BCUT2D eigenvalue weighted by atomic mass is 10.1. The molecule has 0 unspecified atom stereocenters. The molecule has 0 radical (unpaired) electrons. The summed E-state index contributed by atoms with van der Waals surface area (Å²) in [6, 6.07) is 13.4. The highest BCUT2D eigenvalue weighted by molar-refractivity contribution is 7.80. The zero-order chi connectivity index (χ0) is 22.0. The number of amides is 1. The summed E-state index contributed by atoms with van der Waals surface area (Å²) in [6.45, 7) is 5.63. The van der Waals surface area contributed by atoms with Crippen molar-refractivity contribution >= 4 is 45.2 Å². The molecular weight excluding hydrogens is 432 g/mol. The van der Waals surface area contributed by atoms with Crippen molar-refractivity contribution in [3.63, 3.8) is 0 Å². The number of anilines is 1. The fraction of sp³-hybridized carbons (Fsp3) is 0.190. The molecule has 2 aromatic heterocycles. The fourth-order valence-electron chi connectivity index (χ4n) is 2.95. The Morgan fingerprint density at radius 2 is 1.94 bits per heavy atom. The quantitative estimate of drug-likeness (QED) is 0.446. The summed E-state index contributed by atoms with van der Waals surface area (Å²) in [5.74, 6) is 1.09. The Hall–Kier alpha value is -3.37. The van der Waals surface area contributed by atoms with Gasteiger partial charge in [-0.15, -0.1) is 10.2 Å². The maximum Gasteiger partial charge on any atom is 0.264 e. The number of ether oxygens (including phenoxy) is 1. The SMILES string of the molecule is Cc1cc(-c2nn3c(C)nnc3s2)ccc1NC(=S)NC(=O)COc1ccccc1C. The Kier molecular flexibility index (Phi) is 5.92. The number of nitrogens with one attached hydrogen (secondary N) is 2. The number of hydrogen-bond acceptors (Lipinski definition) is 7. The van der Waals surface area contributed by atoms with Gasteiger partial charge in [-0.05, 0) is 68.4 Å². The molecular formula is C21H20N6O2S2. The summed E-state index contributed by atoms with van der Waals surface area (Å²) in [4.78, 5) is 12.9. The number of thiocarbonyl (C=S) groups is 1. The second kappa shape index (κ2) is 8.78. The number of hydrogen-bond donors (Lipinski definition) is 2. The summed E-state index contributed by atoms with van der Waals surface area (Å²) in [5, 5.41) is 19.4. The topological polar surface area (TPSA) is 93.4 Å². The number of carbonyl (C=O) groups is 1. The van der Waals surface area contributed by atoms with Gasteiger partial charge in [0.05, 0.1) is 0 Å². The predicted octanol–water partition coefficient (Wildman–Crippen LogP) is 3.67. The van der Waals surface area contributed by atoms with E-state index in [4.69, 9.17) is 17.0 Å². The number of nitrogens with zero attached hydrogens (tertiary/aromatic N) is 4. The first kappa shape index (κ1) is 20.9. The van der Waals surface area contributed by atoms with Crippen molar-refractivity contribution in [2.45, 2.75) is 20.8 Å². The van der Waals surface area contributed by atoms with E-state index in [1.165, 1.54) is 11.3 Å². The van der Waals surface area contributed by atoms with Crippen molar-refractivity contribution in [1.29, 1.82) is 0 Å². The third-order valence-corrected chi connectivity index (χ3v) is 5.73. The van der Waals surface area contributed by atoms with Crippen molar-refractivity contribution in [2.75, 3.05) is 11.9 Å². The maximum absolute atomic E-state index is 12.2. The van der Waals surface area contributed by atoms with Gasteiger partial charge in [-0.2, -0.15) is 9.61 Å². The van der Waals surface area contributed by atoms with Crippen molar-refractivity contribution in [2.24, 2.45) is 0 Å². The van der Waals surface area contributed by atoms with Crippen molar-refractivity contribution in [3.05, 3.63) is 59.4 Å². The molecule has 2 heterocycles. The molecule has 158 valence electrons. The average Bonchev–Trinajstić information content (AvgIpc) is 3.31. The second-order valence-corrected chi connectivity index (χ2v) is 8.30. The Bertz CT molecular complexity index is 1280. The zero-order valence-electron chi connectivity index (χ0n) is 17.2. The van der Waals surface area contributed by atoms with Crippen LogP contribution in [-0.4, -0.2) is 37.4 Å². The van der Waals surface area contributed by atoms with Crippen LogP contribution in [0.2, 0.25) is 0 Å². The maximum atomic E-state index is 12.2. The summed E-state index contributed by atoms with van der Waals surface area (Å²) in [6.07, 6.45) is 0. The molecule has 0 atom stereocenters. The lowest BCUT2D eigenvalue weighted by molar-refractivity contribution is -0.121. The molecule has 0 fully saturated rings. The smallest absolute Gasteiger partial charge is 0.264 e. The molecule has 31 heavy (non-hydrogen) atoms. The van der Waals surface area contributed by atoms with Crippen molar-refractivity contribution < 1.29 is 9.53 Å². The average molecular weight is 453 g/mol. The number of aromatic nitrogens is 4. The number of para-hydroxylation sites is 1. The predicted molar refractivity (Wildman–Crippen MR) is 125 cm³/mol. The van der Waals surface area contributed by atoms with Crippen LogP contribution in [0.1, 0.15) is 17.0 Å². The first-order valence-electron chi connectivity index (χ1n) is 9.50. The molecule has 0 spiro atoms. The van der Waals surface area contributed by atoms with E-state index >= 15 is 0 Å². The van der Waals surface area contributed by atoms with Gasteiger partial charge in [0, 0.05) is 11.3 Å². The zero-order valence-corrected chi connectivity index (χ0v) is 18.8. The molecule has 0 aliphatic heterocycles. The normalized spacial score (nSPS) is 10.8. The molecule has 4 aromatic rings. The van der Waals surface area contributed by atoms with Crippen molar-refractivity contribution in [1.82, 2.24) is 25.1 Å². The van der Waals surface area contributed by atoms with E-state index in [0.29, 0.717) is 5.75 Å². The number of fused-ring (bicyclic) bond motifs is 1. The number of carbonyl (C=O) groups excluding carboxylic acids is 1. The monoisotopic (exact) mass is 452 g/mol. The standard InChI is InChI=1S/C21H20N6O2S2/c1-12-6-4-5-7-17(12)29-11-18(28)23-20(30)22-16-9-8-15(10-13(16)2)19-26-27-14(3)24-25-21(27)31-19/h4-10H,11H2,1-3H3,(H2,22,23,28,30). The highest BCUT2D eigenvalue weighted by Gasteiger charge is 2.12. The van der Waals surface area contributed by atoms with Gasteiger partial charge in [0.1, 0.15) is 10.8 Å². The highest BCUT2D eigenvalue weighted by Crippen LogP contribution is 2.28. The summed E-state index contributed by atoms with van der Waals surface area (Å²) in [5.41, 5.74) is 3.70. The Morgan fingerprint density at radius 3 is 2.68 bits per heavy atom. The van der Waals surface area contributed by atoms with E-state index in [0.717, 1.165) is 38.2 Å². The number of benzene rings is 2. The van der Waals surface area contributed by atoms with Crippen LogP contribution in [0.15, 0.2) is 42.5 Å². The molecule has 2 aromatic carbocycles.